The van der Waals surface area contributed by atoms with Crippen molar-refractivity contribution in [3.8, 4) is 0 Å². The minimum Gasteiger partial charge on any atom is -0.372 e. The quantitative estimate of drug-likeness (QED) is 0.864. The van der Waals surface area contributed by atoms with Gasteiger partial charge in [0.25, 0.3) is 5.91 Å². The first-order chi connectivity index (χ1) is 12.7. The molecule has 1 aromatic heterocycles. The summed E-state index contributed by atoms with van der Waals surface area (Å²) in [5.41, 5.74) is 2.56. The first kappa shape index (κ1) is 16.8. The second-order valence-electron chi connectivity index (χ2n) is 7.35. The number of nitrogens with zero attached hydrogens (tertiary/aromatic N) is 3. The molecule has 2 heterocycles. The van der Waals surface area contributed by atoms with Crippen molar-refractivity contribution < 1.29 is 4.79 Å². The molecule has 6 heteroatoms. The molecule has 0 unspecified atom stereocenters. The van der Waals surface area contributed by atoms with Gasteiger partial charge in [0.15, 0.2) is 0 Å². The zero-order valence-corrected chi connectivity index (χ0v) is 15.1. The number of carbonyl (C=O) groups is 1. The number of nitrogens with one attached hydrogen (secondary N) is 2. The lowest BCUT2D eigenvalue weighted by molar-refractivity contribution is 0.0946. The molecule has 0 spiro atoms. The fourth-order valence-corrected chi connectivity index (χ4v) is 3.18. The molecule has 1 amide bonds. The topological polar surface area (TPSA) is 70.2 Å². The first-order valence-electron chi connectivity index (χ1n) is 9.43. The van der Waals surface area contributed by atoms with E-state index in [1.54, 1.807) is 12.3 Å². The summed E-state index contributed by atoms with van der Waals surface area (Å²) in [4.78, 5) is 23.1. The van der Waals surface area contributed by atoms with E-state index in [1.165, 1.54) is 18.5 Å². The highest BCUT2D eigenvalue weighted by Gasteiger charge is 2.24. The Morgan fingerprint density at radius 2 is 1.81 bits per heavy atom. The molecule has 2 aliphatic rings. The molecule has 0 bridgehead atoms. The number of benzene rings is 1. The summed E-state index contributed by atoms with van der Waals surface area (Å²) in [7, 11) is 0. The van der Waals surface area contributed by atoms with Crippen LogP contribution in [0.5, 0.6) is 0 Å². The van der Waals surface area contributed by atoms with Gasteiger partial charge < -0.3 is 15.5 Å². The summed E-state index contributed by atoms with van der Waals surface area (Å²) in [5.74, 6) is 1.13. The minimum absolute atomic E-state index is 0.132. The molecule has 0 atom stereocenters. The predicted octanol–water partition coefficient (Wildman–Crippen LogP) is 3.35. The Labute approximate surface area is 154 Å². The lowest BCUT2D eigenvalue weighted by Crippen LogP contribution is -2.32. The molecule has 1 saturated carbocycles. The maximum atomic E-state index is 12.1. The van der Waals surface area contributed by atoms with E-state index >= 15 is 0 Å². The Hall–Kier alpha value is -2.63. The van der Waals surface area contributed by atoms with Crippen LogP contribution in [0.25, 0.3) is 0 Å². The van der Waals surface area contributed by atoms with Gasteiger partial charge in [0.05, 0.1) is 0 Å². The third-order valence-corrected chi connectivity index (χ3v) is 5.07. The molecule has 1 aliphatic heterocycles. The van der Waals surface area contributed by atoms with E-state index in [1.807, 2.05) is 12.1 Å². The summed E-state index contributed by atoms with van der Waals surface area (Å²) < 4.78 is 0. The smallest absolute Gasteiger partial charge is 0.270 e. The van der Waals surface area contributed by atoms with Crippen LogP contribution in [0.4, 0.5) is 17.3 Å². The van der Waals surface area contributed by atoms with Gasteiger partial charge in [0, 0.05) is 36.7 Å². The second kappa shape index (κ2) is 7.32. The van der Waals surface area contributed by atoms with E-state index in [0.29, 0.717) is 17.7 Å². The summed E-state index contributed by atoms with van der Waals surface area (Å²) >= 11 is 0. The maximum absolute atomic E-state index is 12.1. The maximum Gasteiger partial charge on any atom is 0.270 e. The van der Waals surface area contributed by atoms with Crippen molar-refractivity contribution in [2.24, 2.45) is 5.92 Å². The lowest BCUT2D eigenvalue weighted by Gasteiger charge is -2.32. The zero-order valence-electron chi connectivity index (χ0n) is 15.1. The van der Waals surface area contributed by atoms with Crippen LogP contribution in [0.3, 0.4) is 0 Å². The summed E-state index contributed by atoms with van der Waals surface area (Å²) in [6, 6.07) is 10.3. The van der Waals surface area contributed by atoms with Crippen molar-refractivity contribution in [1.29, 1.82) is 0 Å². The molecule has 1 aliphatic carbocycles. The molecule has 6 nitrogen and oxygen atoms in total. The first-order valence-corrected chi connectivity index (χ1v) is 9.43. The monoisotopic (exact) mass is 351 g/mol. The van der Waals surface area contributed by atoms with Gasteiger partial charge >= 0.3 is 0 Å². The van der Waals surface area contributed by atoms with E-state index in [2.05, 4.69) is 44.6 Å². The lowest BCUT2D eigenvalue weighted by atomic mass is 9.99. The molecule has 26 heavy (non-hydrogen) atoms. The SMILES string of the molecule is CC1CCN(c2ccc(Nc3nccc(C(=O)NC4CC4)n3)cc2)CC1. The summed E-state index contributed by atoms with van der Waals surface area (Å²) in [6.07, 6.45) is 6.24. The average molecular weight is 351 g/mol. The van der Waals surface area contributed by atoms with Crippen LogP contribution in [0.15, 0.2) is 36.5 Å². The standard InChI is InChI=1S/C20H25N5O/c1-14-9-12-25(13-10-14)17-6-4-16(5-7-17)23-20-21-11-8-18(24-20)19(26)22-15-2-3-15/h4-8,11,14-15H,2-3,9-10,12-13H2,1H3,(H,22,26)(H,21,23,24). The van der Waals surface area contributed by atoms with Gasteiger partial charge in [-0.2, -0.15) is 0 Å². The van der Waals surface area contributed by atoms with Crippen molar-refractivity contribution in [3.05, 3.63) is 42.2 Å². The fourth-order valence-electron chi connectivity index (χ4n) is 3.18. The summed E-state index contributed by atoms with van der Waals surface area (Å²) in [5, 5.41) is 6.13. The van der Waals surface area contributed by atoms with Gasteiger partial charge in [0.2, 0.25) is 5.95 Å². The van der Waals surface area contributed by atoms with Crippen LogP contribution < -0.4 is 15.5 Å². The highest BCUT2D eigenvalue weighted by molar-refractivity contribution is 5.92. The number of anilines is 3. The zero-order chi connectivity index (χ0) is 17.9. The Kier molecular flexibility index (Phi) is 4.73. The van der Waals surface area contributed by atoms with E-state index in [0.717, 1.165) is 37.5 Å². The van der Waals surface area contributed by atoms with Gasteiger partial charge in [-0.15, -0.1) is 0 Å². The average Bonchev–Trinajstić information content (AvgIpc) is 3.47. The molecular formula is C20H25N5O. The Morgan fingerprint density at radius 3 is 2.50 bits per heavy atom. The van der Waals surface area contributed by atoms with Crippen LogP contribution in [-0.2, 0) is 0 Å². The number of rotatable bonds is 5. The molecule has 1 saturated heterocycles. The summed E-state index contributed by atoms with van der Waals surface area (Å²) in [6.45, 7) is 4.56. The predicted molar refractivity (Wildman–Crippen MR) is 103 cm³/mol. The van der Waals surface area contributed by atoms with Gasteiger partial charge in [-0.1, -0.05) is 6.92 Å². The Balaban J connectivity index is 1.40. The van der Waals surface area contributed by atoms with Crippen LogP contribution in [0.1, 0.15) is 43.1 Å². The Morgan fingerprint density at radius 1 is 1.08 bits per heavy atom. The highest BCUT2D eigenvalue weighted by atomic mass is 16.2. The largest absolute Gasteiger partial charge is 0.372 e. The van der Waals surface area contributed by atoms with Gasteiger partial charge in [-0.05, 0) is 61.9 Å². The number of hydrogen-bond acceptors (Lipinski definition) is 5. The number of amides is 1. The molecular weight excluding hydrogens is 326 g/mol. The normalized spacial score (nSPS) is 17.8. The van der Waals surface area contributed by atoms with Gasteiger partial charge in [-0.25, -0.2) is 9.97 Å². The van der Waals surface area contributed by atoms with Crippen LogP contribution >= 0.6 is 0 Å². The van der Waals surface area contributed by atoms with Crippen molar-refractivity contribution in [3.63, 3.8) is 0 Å². The van der Waals surface area contributed by atoms with Crippen molar-refractivity contribution in [2.45, 2.75) is 38.6 Å². The van der Waals surface area contributed by atoms with E-state index in [4.69, 9.17) is 0 Å². The second-order valence-corrected chi connectivity index (χ2v) is 7.35. The molecule has 0 radical (unpaired) electrons. The van der Waals surface area contributed by atoms with Crippen LogP contribution in [-0.4, -0.2) is 35.0 Å². The minimum atomic E-state index is -0.132. The molecule has 1 aromatic carbocycles. The molecule has 2 N–H and O–H groups in total. The fraction of sp³-hybridized carbons (Fsp3) is 0.450. The third kappa shape index (κ3) is 4.12. The van der Waals surface area contributed by atoms with Crippen molar-refractivity contribution >= 4 is 23.2 Å². The van der Waals surface area contributed by atoms with E-state index < -0.39 is 0 Å². The third-order valence-electron chi connectivity index (χ3n) is 5.07. The van der Waals surface area contributed by atoms with Crippen LogP contribution in [0.2, 0.25) is 0 Å². The van der Waals surface area contributed by atoms with Gasteiger partial charge in [0.1, 0.15) is 5.69 Å². The van der Waals surface area contributed by atoms with Crippen LogP contribution in [0, 0.1) is 5.92 Å². The van der Waals surface area contributed by atoms with E-state index in [-0.39, 0.29) is 5.91 Å². The molecule has 2 fully saturated rings. The number of piperidine rings is 1. The Bertz CT molecular complexity index is 764. The molecule has 136 valence electrons. The van der Waals surface area contributed by atoms with Crippen molar-refractivity contribution in [2.75, 3.05) is 23.3 Å². The van der Waals surface area contributed by atoms with Gasteiger partial charge in [-0.3, -0.25) is 4.79 Å². The molecule has 4 rings (SSSR count). The number of hydrogen-bond donors (Lipinski definition) is 2. The van der Waals surface area contributed by atoms with E-state index in [9.17, 15) is 4.79 Å². The number of carbonyl (C=O) groups excluding carboxylic acids is 1. The molecule has 2 aromatic rings. The highest BCUT2D eigenvalue weighted by Crippen LogP contribution is 2.25. The van der Waals surface area contributed by atoms with Crippen molar-refractivity contribution in [1.82, 2.24) is 15.3 Å². The number of aromatic nitrogens is 2.